The number of piperidine rings is 1. The minimum Gasteiger partial charge on any atom is -0.339 e. The number of H-pyrrole nitrogens is 1. The van der Waals surface area contributed by atoms with Gasteiger partial charge in [-0.1, -0.05) is 18.7 Å². The summed E-state index contributed by atoms with van der Waals surface area (Å²) in [7, 11) is 0. The molecule has 0 spiro atoms. The van der Waals surface area contributed by atoms with E-state index in [0.717, 1.165) is 53.4 Å². The quantitative estimate of drug-likeness (QED) is 0.537. The molecule has 1 fully saturated rings. The third-order valence-electron chi connectivity index (χ3n) is 6.04. The molecule has 3 heterocycles. The summed E-state index contributed by atoms with van der Waals surface area (Å²) >= 11 is 0. The summed E-state index contributed by atoms with van der Waals surface area (Å²) < 4.78 is 2.26. The molecule has 4 aromatic rings. The van der Waals surface area contributed by atoms with Crippen molar-refractivity contribution in [3.63, 3.8) is 0 Å². The average Bonchev–Trinajstić information content (AvgIpc) is 3.39. The van der Waals surface area contributed by atoms with Gasteiger partial charge >= 0.3 is 0 Å². The Morgan fingerprint density at radius 2 is 2.07 bits per heavy atom. The van der Waals surface area contributed by atoms with Gasteiger partial charge in [-0.3, -0.25) is 9.89 Å². The first-order valence-electron chi connectivity index (χ1n) is 9.96. The van der Waals surface area contributed by atoms with Crippen LogP contribution in [0.3, 0.4) is 0 Å². The Kier molecular flexibility index (Phi) is 4.19. The second kappa shape index (κ2) is 6.88. The summed E-state index contributed by atoms with van der Waals surface area (Å²) in [6, 6.07) is 11.0. The van der Waals surface area contributed by atoms with Crippen LogP contribution in [0.25, 0.3) is 33.1 Å². The first-order chi connectivity index (χ1) is 14.2. The summed E-state index contributed by atoms with van der Waals surface area (Å²) in [6.07, 6.45) is 7.09. The van der Waals surface area contributed by atoms with Gasteiger partial charge in [-0.15, -0.1) is 0 Å². The standard InChI is InChI=1S/C23H23N5O/c1-3-22(29)27-10-8-17(9-11-27)28-14-24-20-12-16(5-7-21(20)28)23-15(2)4-6-19-18(23)13-25-26-19/h3-7,12-14,17H,1,8-11H2,2H3,(H,25,26). The maximum atomic E-state index is 11.8. The van der Waals surface area contributed by atoms with E-state index in [1.54, 1.807) is 0 Å². The molecule has 0 unspecified atom stereocenters. The Balaban J connectivity index is 1.48. The zero-order valence-corrected chi connectivity index (χ0v) is 16.4. The number of benzene rings is 2. The molecule has 1 N–H and O–H groups in total. The highest BCUT2D eigenvalue weighted by Crippen LogP contribution is 2.34. The lowest BCUT2D eigenvalue weighted by atomic mass is 9.96. The fourth-order valence-electron chi connectivity index (χ4n) is 4.48. The van der Waals surface area contributed by atoms with Gasteiger partial charge in [0.05, 0.1) is 29.1 Å². The molecule has 1 amide bonds. The SMILES string of the molecule is C=CC(=O)N1CCC(n2cnc3cc(-c4c(C)ccc5[nH]ncc45)ccc32)CC1. The number of carbonyl (C=O) groups is 1. The van der Waals surface area contributed by atoms with Crippen LogP contribution in [0.4, 0.5) is 0 Å². The maximum absolute atomic E-state index is 11.8. The molecular formula is C23H23N5O. The van der Waals surface area contributed by atoms with Crippen molar-refractivity contribution in [1.82, 2.24) is 24.6 Å². The van der Waals surface area contributed by atoms with Gasteiger partial charge in [0.1, 0.15) is 0 Å². The lowest BCUT2D eigenvalue weighted by Gasteiger charge is -2.32. The van der Waals surface area contributed by atoms with Crippen LogP contribution in [-0.2, 0) is 4.79 Å². The van der Waals surface area contributed by atoms with E-state index in [2.05, 4.69) is 58.6 Å². The highest BCUT2D eigenvalue weighted by molar-refractivity contribution is 5.98. The van der Waals surface area contributed by atoms with Crippen molar-refractivity contribution in [2.24, 2.45) is 0 Å². The van der Waals surface area contributed by atoms with E-state index in [-0.39, 0.29) is 5.91 Å². The van der Waals surface area contributed by atoms with Crippen LogP contribution in [0.2, 0.25) is 0 Å². The monoisotopic (exact) mass is 385 g/mol. The number of rotatable bonds is 3. The van der Waals surface area contributed by atoms with Gasteiger partial charge in [0, 0.05) is 24.5 Å². The van der Waals surface area contributed by atoms with Crippen LogP contribution in [0.5, 0.6) is 0 Å². The van der Waals surface area contributed by atoms with Crippen LogP contribution in [-0.4, -0.2) is 43.6 Å². The fourth-order valence-corrected chi connectivity index (χ4v) is 4.48. The smallest absolute Gasteiger partial charge is 0.245 e. The number of aromatic nitrogens is 4. The second-order valence-corrected chi connectivity index (χ2v) is 7.70. The van der Waals surface area contributed by atoms with Crippen molar-refractivity contribution in [3.8, 4) is 11.1 Å². The number of hydrogen-bond acceptors (Lipinski definition) is 3. The minimum absolute atomic E-state index is 0.0207. The van der Waals surface area contributed by atoms with E-state index >= 15 is 0 Å². The van der Waals surface area contributed by atoms with Crippen molar-refractivity contribution < 1.29 is 4.79 Å². The van der Waals surface area contributed by atoms with Crippen molar-refractivity contribution >= 4 is 27.8 Å². The first kappa shape index (κ1) is 17.7. The Morgan fingerprint density at radius 1 is 1.24 bits per heavy atom. The van der Waals surface area contributed by atoms with Crippen molar-refractivity contribution in [2.75, 3.05) is 13.1 Å². The van der Waals surface area contributed by atoms with E-state index in [1.165, 1.54) is 17.2 Å². The van der Waals surface area contributed by atoms with Gasteiger partial charge in [0.15, 0.2) is 0 Å². The number of fused-ring (bicyclic) bond motifs is 2. The molecule has 6 nitrogen and oxygen atoms in total. The normalized spacial score (nSPS) is 15.3. The van der Waals surface area contributed by atoms with Crippen molar-refractivity contribution in [3.05, 3.63) is 61.1 Å². The number of nitrogens with zero attached hydrogens (tertiary/aromatic N) is 4. The molecule has 2 aromatic heterocycles. The minimum atomic E-state index is 0.0207. The molecule has 146 valence electrons. The van der Waals surface area contributed by atoms with E-state index in [1.807, 2.05) is 17.4 Å². The van der Waals surface area contributed by atoms with Gasteiger partial charge in [-0.25, -0.2) is 4.98 Å². The first-order valence-corrected chi connectivity index (χ1v) is 9.96. The predicted octanol–water partition coefficient (Wildman–Crippen LogP) is 4.24. The molecule has 0 aliphatic carbocycles. The van der Waals surface area contributed by atoms with Crippen LogP contribution in [0.1, 0.15) is 24.4 Å². The lowest BCUT2D eigenvalue weighted by molar-refractivity contribution is -0.127. The number of carbonyl (C=O) groups excluding carboxylic acids is 1. The second-order valence-electron chi connectivity index (χ2n) is 7.70. The van der Waals surface area contributed by atoms with Gasteiger partial charge in [-0.05, 0) is 60.7 Å². The van der Waals surface area contributed by atoms with Crippen molar-refractivity contribution in [2.45, 2.75) is 25.8 Å². The van der Waals surface area contributed by atoms with E-state index < -0.39 is 0 Å². The molecular weight excluding hydrogens is 362 g/mol. The third-order valence-corrected chi connectivity index (χ3v) is 6.04. The Hall–Kier alpha value is -3.41. The van der Waals surface area contributed by atoms with Crippen molar-refractivity contribution in [1.29, 1.82) is 0 Å². The molecule has 1 aliphatic rings. The molecule has 0 radical (unpaired) electrons. The fraction of sp³-hybridized carbons (Fsp3) is 0.261. The molecule has 2 aromatic carbocycles. The number of aryl methyl sites for hydroxylation is 1. The number of amides is 1. The van der Waals surface area contributed by atoms with E-state index in [4.69, 9.17) is 4.98 Å². The lowest BCUT2D eigenvalue weighted by Crippen LogP contribution is -2.37. The molecule has 0 atom stereocenters. The molecule has 5 rings (SSSR count). The average molecular weight is 385 g/mol. The molecule has 29 heavy (non-hydrogen) atoms. The molecule has 6 heteroatoms. The van der Waals surface area contributed by atoms with Gasteiger partial charge < -0.3 is 9.47 Å². The molecule has 1 aliphatic heterocycles. The summed E-state index contributed by atoms with van der Waals surface area (Å²) in [4.78, 5) is 18.4. The van der Waals surface area contributed by atoms with Crippen LogP contribution >= 0.6 is 0 Å². The van der Waals surface area contributed by atoms with E-state index in [9.17, 15) is 4.79 Å². The molecule has 1 saturated heterocycles. The van der Waals surface area contributed by atoms with E-state index in [0.29, 0.717) is 6.04 Å². The summed E-state index contributed by atoms with van der Waals surface area (Å²) in [5, 5.41) is 8.38. The number of likely N-dealkylation sites (tertiary alicyclic amines) is 1. The highest BCUT2D eigenvalue weighted by atomic mass is 16.2. The Labute approximate surface area is 168 Å². The summed E-state index contributed by atoms with van der Waals surface area (Å²) in [5.41, 5.74) is 6.74. The number of nitrogens with one attached hydrogen (secondary N) is 1. The third kappa shape index (κ3) is 2.92. The summed E-state index contributed by atoms with van der Waals surface area (Å²) in [5.74, 6) is 0.0207. The van der Waals surface area contributed by atoms with Crippen LogP contribution < -0.4 is 0 Å². The number of aromatic amines is 1. The maximum Gasteiger partial charge on any atom is 0.245 e. The van der Waals surface area contributed by atoms with Crippen LogP contribution in [0, 0.1) is 6.92 Å². The van der Waals surface area contributed by atoms with Gasteiger partial charge in [0.25, 0.3) is 0 Å². The van der Waals surface area contributed by atoms with Gasteiger partial charge in [-0.2, -0.15) is 5.10 Å². The largest absolute Gasteiger partial charge is 0.339 e. The van der Waals surface area contributed by atoms with Gasteiger partial charge in [0.2, 0.25) is 5.91 Å². The molecule has 0 saturated carbocycles. The topological polar surface area (TPSA) is 66.8 Å². The molecule has 0 bridgehead atoms. The predicted molar refractivity (Wildman–Crippen MR) is 115 cm³/mol. The highest BCUT2D eigenvalue weighted by Gasteiger charge is 2.23. The summed E-state index contributed by atoms with van der Waals surface area (Å²) in [6.45, 7) is 7.23. The number of hydrogen-bond donors (Lipinski definition) is 1. The zero-order chi connectivity index (χ0) is 20.0. The Morgan fingerprint density at radius 3 is 2.86 bits per heavy atom. The zero-order valence-electron chi connectivity index (χ0n) is 16.4. The Bertz CT molecular complexity index is 1230. The van der Waals surface area contributed by atoms with Crippen LogP contribution in [0.15, 0.2) is 55.5 Å². The number of imidazole rings is 1.